The number of hydrogen-bond donors (Lipinski definition) is 2. The van der Waals surface area contributed by atoms with Crippen molar-refractivity contribution in [3.63, 3.8) is 0 Å². The number of hydrogen-bond acceptors (Lipinski definition) is 8. The molecular weight excluding hydrogens is 523 g/mol. The first kappa shape index (κ1) is 27.0. The number of sulfonamides is 1. The fourth-order valence-corrected chi connectivity index (χ4v) is 6.43. The lowest BCUT2D eigenvalue weighted by molar-refractivity contribution is -0.139. The van der Waals surface area contributed by atoms with Crippen LogP contribution in [0.1, 0.15) is 24.8 Å². The number of piperazine rings is 1. The van der Waals surface area contributed by atoms with Gasteiger partial charge in [-0.2, -0.15) is 17.5 Å². The SMILES string of the molecule is O=S(=O)(c1ccc(N2CCNCC2)cc1)N1CCC(Nc2cc(O[C@H]3CCOC3)c(C(F)(F)F)cn2)CC1. The Bertz CT molecular complexity index is 1190. The average molecular weight is 556 g/mol. The number of pyridine rings is 1. The number of rotatable bonds is 7. The van der Waals surface area contributed by atoms with Gasteiger partial charge in [-0.3, -0.25) is 0 Å². The van der Waals surface area contributed by atoms with Gasteiger partial charge in [-0.1, -0.05) is 0 Å². The molecule has 0 bridgehead atoms. The van der Waals surface area contributed by atoms with Crippen molar-refractivity contribution < 1.29 is 31.1 Å². The van der Waals surface area contributed by atoms with E-state index in [-0.39, 0.29) is 29.1 Å². The minimum absolute atomic E-state index is 0.136. The highest BCUT2D eigenvalue weighted by atomic mass is 32.2. The van der Waals surface area contributed by atoms with Crippen LogP contribution in [0.3, 0.4) is 0 Å². The first-order valence-electron chi connectivity index (χ1n) is 12.8. The molecule has 5 rings (SSSR count). The molecule has 13 heteroatoms. The van der Waals surface area contributed by atoms with Crippen LogP contribution in [0.25, 0.3) is 0 Å². The number of aromatic nitrogens is 1. The lowest BCUT2D eigenvalue weighted by Crippen LogP contribution is -2.43. The molecule has 2 aromatic rings. The van der Waals surface area contributed by atoms with Crippen molar-refractivity contribution in [3.8, 4) is 5.75 Å². The molecule has 0 unspecified atom stereocenters. The van der Waals surface area contributed by atoms with Crippen LogP contribution in [-0.4, -0.2) is 82.3 Å². The van der Waals surface area contributed by atoms with Crippen molar-refractivity contribution in [2.45, 2.75) is 42.5 Å². The fraction of sp³-hybridized carbons (Fsp3) is 0.560. The third-order valence-electron chi connectivity index (χ3n) is 7.12. The van der Waals surface area contributed by atoms with Gasteiger partial charge in [0, 0.05) is 69.7 Å². The van der Waals surface area contributed by atoms with E-state index in [2.05, 4.69) is 20.5 Å². The molecule has 3 aliphatic rings. The summed E-state index contributed by atoms with van der Waals surface area (Å²) >= 11 is 0. The van der Waals surface area contributed by atoms with E-state index < -0.39 is 27.9 Å². The third-order valence-corrected chi connectivity index (χ3v) is 9.03. The predicted molar refractivity (Wildman–Crippen MR) is 136 cm³/mol. The Kier molecular flexibility index (Phi) is 7.98. The van der Waals surface area contributed by atoms with E-state index in [1.54, 1.807) is 12.1 Å². The highest BCUT2D eigenvalue weighted by Crippen LogP contribution is 2.38. The fourth-order valence-electron chi connectivity index (χ4n) is 4.96. The Balaban J connectivity index is 1.20. The predicted octanol–water partition coefficient (Wildman–Crippen LogP) is 2.94. The molecule has 38 heavy (non-hydrogen) atoms. The van der Waals surface area contributed by atoms with Gasteiger partial charge in [-0.15, -0.1) is 0 Å². The number of ether oxygens (including phenoxy) is 2. The molecule has 0 spiro atoms. The molecule has 3 aliphatic heterocycles. The molecule has 0 amide bonds. The summed E-state index contributed by atoms with van der Waals surface area (Å²) in [4.78, 5) is 6.43. The Morgan fingerprint density at radius 1 is 1.05 bits per heavy atom. The van der Waals surface area contributed by atoms with Gasteiger partial charge in [0.25, 0.3) is 0 Å². The molecule has 1 atom stereocenters. The van der Waals surface area contributed by atoms with Gasteiger partial charge in [0.1, 0.15) is 23.2 Å². The zero-order valence-electron chi connectivity index (χ0n) is 20.9. The van der Waals surface area contributed by atoms with E-state index in [4.69, 9.17) is 9.47 Å². The monoisotopic (exact) mass is 555 g/mol. The van der Waals surface area contributed by atoms with Crippen molar-refractivity contribution in [3.05, 3.63) is 42.1 Å². The second kappa shape index (κ2) is 11.2. The molecule has 1 aromatic heterocycles. The van der Waals surface area contributed by atoms with Gasteiger partial charge in [0.05, 0.1) is 18.1 Å². The Labute approximate surface area is 220 Å². The summed E-state index contributed by atoms with van der Waals surface area (Å²) in [5.41, 5.74) is 0.0695. The smallest absolute Gasteiger partial charge is 0.421 e. The standard InChI is InChI=1S/C25H32F3N5O4S/c26-25(27,28)22-16-30-24(15-23(22)37-20-7-14-36-17-20)31-18-5-10-33(11-6-18)38(34,35)21-3-1-19(2-4-21)32-12-8-29-9-13-32/h1-4,15-16,18,20,29H,5-14,17H2,(H,30,31)/t20-/m0/s1. The topological polar surface area (TPSA) is 96.0 Å². The summed E-state index contributed by atoms with van der Waals surface area (Å²) in [5, 5.41) is 6.46. The number of benzene rings is 1. The zero-order valence-corrected chi connectivity index (χ0v) is 21.7. The first-order valence-corrected chi connectivity index (χ1v) is 14.3. The average Bonchev–Trinajstić information content (AvgIpc) is 3.42. The molecule has 0 radical (unpaired) electrons. The van der Waals surface area contributed by atoms with Crippen molar-refractivity contribution in [2.75, 3.05) is 62.7 Å². The van der Waals surface area contributed by atoms with Crippen LogP contribution in [-0.2, 0) is 20.9 Å². The van der Waals surface area contributed by atoms with Gasteiger partial charge < -0.3 is 25.0 Å². The van der Waals surface area contributed by atoms with E-state index in [0.717, 1.165) is 38.1 Å². The summed E-state index contributed by atoms with van der Waals surface area (Å²) < 4.78 is 79.2. The number of alkyl halides is 3. The van der Waals surface area contributed by atoms with Crippen molar-refractivity contribution in [1.29, 1.82) is 0 Å². The van der Waals surface area contributed by atoms with Crippen LogP contribution in [0, 0.1) is 0 Å². The van der Waals surface area contributed by atoms with Crippen LogP contribution in [0.5, 0.6) is 5.75 Å². The van der Waals surface area contributed by atoms with Gasteiger partial charge in [-0.05, 0) is 37.1 Å². The zero-order chi connectivity index (χ0) is 26.8. The van der Waals surface area contributed by atoms with E-state index in [1.807, 2.05) is 12.1 Å². The second-order valence-corrected chi connectivity index (χ2v) is 11.7. The van der Waals surface area contributed by atoms with Crippen LogP contribution in [0.4, 0.5) is 24.7 Å². The molecule has 208 valence electrons. The van der Waals surface area contributed by atoms with Gasteiger partial charge in [-0.25, -0.2) is 13.4 Å². The minimum atomic E-state index is -4.59. The molecule has 0 saturated carbocycles. The first-order chi connectivity index (χ1) is 18.2. The summed E-state index contributed by atoms with van der Waals surface area (Å²) in [6.07, 6.45) is -2.75. The Morgan fingerprint density at radius 2 is 1.76 bits per heavy atom. The largest absolute Gasteiger partial charge is 0.487 e. The van der Waals surface area contributed by atoms with Gasteiger partial charge in [0.2, 0.25) is 10.0 Å². The third kappa shape index (κ3) is 6.16. The number of piperidine rings is 1. The summed E-state index contributed by atoms with van der Waals surface area (Å²) in [5.74, 6) is -0.0218. The highest BCUT2D eigenvalue weighted by molar-refractivity contribution is 7.89. The van der Waals surface area contributed by atoms with Gasteiger partial charge >= 0.3 is 6.18 Å². The van der Waals surface area contributed by atoms with Crippen LogP contribution >= 0.6 is 0 Å². The Hall–Kier alpha value is -2.61. The number of halogens is 3. The van der Waals surface area contributed by atoms with Gasteiger partial charge in [0.15, 0.2) is 0 Å². The maximum atomic E-state index is 13.5. The van der Waals surface area contributed by atoms with E-state index in [1.165, 1.54) is 10.4 Å². The van der Waals surface area contributed by atoms with Crippen molar-refractivity contribution in [1.82, 2.24) is 14.6 Å². The van der Waals surface area contributed by atoms with Crippen molar-refractivity contribution >= 4 is 21.5 Å². The molecule has 0 aliphatic carbocycles. The minimum Gasteiger partial charge on any atom is -0.487 e. The van der Waals surface area contributed by atoms with E-state index in [0.29, 0.717) is 39.0 Å². The number of nitrogens with one attached hydrogen (secondary N) is 2. The molecule has 4 heterocycles. The molecule has 9 nitrogen and oxygen atoms in total. The number of nitrogens with zero attached hydrogens (tertiary/aromatic N) is 3. The van der Waals surface area contributed by atoms with E-state index >= 15 is 0 Å². The molecule has 3 fully saturated rings. The number of anilines is 2. The highest BCUT2D eigenvalue weighted by Gasteiger charge is 2.36. The maximum Gasteiger partial charge on any atom is 0.421 e. The maximum absolute atomic E-state index is 13.5. The van der Waals surface area contributed by atoms with Crippen molar-refractivity contribution in [2.24, 2.45) is 0 Å². The lowest BCUT2D eigenvalue weighted by atomic mass is 10.1. The quantitative estimate of drug-likeness (QED) is 0.539. The van der Waals surface area contributed by atoms with Crippen LogP contribution < -0.4 is 20.3 Å². The van der Waals surface area contributed by atoms with Crippen LogP contribution in [0.2, 0.25) is 0 Å². The van der Waals surface area contributed by atoms with Crippen LogP contribution in [0.15, 0.2) is 41.4 Å². The van der Waals surface area contributed by atoms with E-state index in [9.17, 15) is 21.6 Å². The Morgan fingerprint density at radius 3 is 2.39 bits per heavy atom. The second-order valence-electron chi connectivity index (χ2n) is 9.72. The molecule has 1 aromatic carbocycles. The normalized spacial score (nSPS) is 22.0. The lowest BCUT2D eigenvalue weighted by Gasteiger charge is -2.32. The summed E-state index contributed by atoms with van der Waals surface area (Å²) in [6.45, 7) is 4.83. The summed E-state index contributed by atoms with van der Waals surface area (Å²) in [7, 11) is -3.65. The molecule has 3 saturated heterocycles. The molecule has 2 N–H and O–H groups in total. The molecular formula is C25H32F3N5O4S. The summed E-state index contributed by atoms with van der Waals surface area (Å²) in [6, 6.07) is 8.13.